The third kappa shape index (κ3) is 5.78. The summed E-state index contributed by atoms with van der Waals surface area (Å²) in [6, 6.07) is 1.74. The van der Waals surface area contributed by atoms with E-state index in [-0.39, 0.29) is 24.6 Å². The number of rotatable bonds is 7. The Hall–Kier alpha value is -2.95. The van der Waals surface area contributed by atoms with Gasteiger partial charge in [0.05, 0.1) is 19.6 Å². The lowest BCUT2D eigenvalue weighted by Crippen LogP contribution is -2.53. The second kappa shape index (κ2) is 10.7. The second-order valence-corrected chi connectivity index (χ2v) is 6.75. The number of hydrogen-bond donors (Lipinski definition) is 3. The van der Waals surface area contributed by atoms with Gasteiger partial charge in [-0.15, -0.1) is 0 Å². The van der Waals surface area contributed by atoms with Crippen molar-refractivity contribution >= 4 is 23.5 Å². The van der Waals surface area contributed by atoms with Crippen LogP contribution in [0, 0.1) is 17.6 Å². The largest absolute Gasteiger partial charge is 0.493 e. The molecule has 9 nitrogen and oxygen atoms in total. The molecule has 1 aromatic carbocycles. The van der Waals surface area contributed by atoms with E-state index in [1.807, 2.05) is 0 Å². The van der Waals surface area contributed by atoms with Gasteiger partial charge < -0.3 is 25.0 Å². The summed E-state index contributed by atoms with van der Waals surface area (Å²) in [6.45, 7) is 2.35. The number of aliphatic hydroxyl groups is 1. The number of halogens is 2. The molecule has 0 radical (unpaired) electrons. The molecule has 0 spiro atoms. The van der Waals surface area contributed by atoms with E-state index in [0.29, 0.717) is 31.9 Å². The van der Waals surface area contributed by atoms with Gasteiger partial charge in [-0.1, -0.05) is 6.92 Å². The van der Waals surface area contributed by atoms with E-state index in [0.717, 1.165) is 6.07 Å². The predicted molar refractivity (Wildman–Crippen MR) is 104 cm³/mol. The summed E-state index contributed by atoms with van der Waals surface area (Å²) in [5.41, 5.74) is 0.440. The molecule has 3 N–H and O–H groups in total. The highest BCUT2D eigenvalue weighted by atomic mass is 19.2. The lowest BCUT2D eigenvalue weighted by atomic mass is 10.1. The Labute approximate surface area is 173 Å². The number of piperazine rings is 1. The summed E-state index contributed by atoms with van der Waals surface area (Å²) in [5.74, 6) is -3.93. The number of nitrogens with one attached hydrogen (secondary N) is 2. The Morgan fingerprint density at radius 3 is 2.43 bits per heavy atom. The predicted octanol–water partition coefficient (Wildman–Crippen LogP) is 0.466. The van der Waals surface area contributed by atoms with Crippen molar-refractivity contribution in [2.45, 2.75) is 13.3 Å². The zero-order chi connectivity index (χ0) is 22.3. The highest BCUT2D eigenvalue weighted by Gasteiger charge is 2.28. The molecular weight excluding hydrogens is 402 g/mol. The van der Waals surface area contributed by atoms with Gasteiger partial charge in [0.15, 0.2) is 11.6 Å². The van der Waals surface area contributed by atoms with Crippen LogP contribution in [-0.2, 0) is 9.59 Å². The van der Waals surface area contributed by atoms with E-state index < -0.39 is 36.1 Å². The summed E-state index contributed by atoms with van der Waals surface area (Å²) in [7, 11) is 1.25. The van der Waals surface area contributed by atoms with Crippen LogP contribution < -0.4 is 20.3 Å². The summed E-state index contributed by atoms with van der Waals surface area (Å²) in [5, 5.41) is 14.0. The van der Waals surface area contributed by atoms with Gasteiger partial charge in [-0.2, -0.15) is 4.39 Å². The zero-order valence-electron chi connectivity index (χ0n) is 16.9. The first kappa shape index (κ1) is 23.3. The SMILES string of the molecule is CCC(=O)NC(=O)NC[C@H](CO)C(=O)N1CCN(c2cc(F)c(F)c(OC)c2)CC1. The van der Waals surface area contributed by atoms with Crippen LogP contribution in [0.15, 0.2) is 12.1 Å². The summed E-state index contributed by atoms with van der Waals surface area (Å²) >= 11 is 0. The normalized spacial score (nSPS) is 14.8. The molecule has 0 saturated carbocycles. The maximum atomic E-state index is 13.8. The van der Waals surface area contributed by atoms with E-state index in [2.05, 4.69) is 10.6 Å². The van der Waals surface area contributed by atoms with Gasteiger partial charge in [0.25, 0.3) is 0 Å². The van der Waals surface area contributed by atoms with Gasteiger partial charge in [0.1, 0.15) is 0 Å². The highest BCUT2D eigenvalue weighted by molar-refractivity contribution is 5.94. The molecule has 1 aliphatic rings. The Kier molecular flexibility index (Phi) is 8.34. The molecule has 1 atom stereocenters. The quantitative estimate of drug-likeness (QED) is 0.582. The van der Waals surface area contributed by atoms with Crippen molar-refractivity contribution in [3.05, 3.63) is 23.8 Å². The fourth-order valence-electron chi connectivity index (χ4n) is 3.03. The van der Waals surface area contributed by atoms with Crippen LogP contribution in [0.5, 0.6) is 5.75 Å². The van der Waals surface area contributed by atoms with Crippen molar-refractivity contribution in [1.82, 2.24) is 15.5 Å². The number of nitrogens with zero attached hydrogens (tertiary/aromatic N) is 2. The average Bonchev–Trinajstić information content (AvgIpc) is 2.75. The minimum absolute atomic E-state index is 0.126. The first-order valence-electron chi connectivity index (χ1n) is 9.56. The maximum absolute atomic E-state index is 13.8. The Morgan fingerprint density at radius 2 is 1.87 bits per heavy atom. The molecule has 166 valence electrons. The zero-order valence-corrected chi connectivity index (χ0v) is 16.9. The number of benzene rings is 1. The number of carbonyl (C=O) groups is 3. The molecule has 1 aliphatic heterocycles. The number of carbonyl (C=O) groups excluding carboxylic acids is 3. The molecule has 30 heavy (non-hydrogen) atoms. The lowest BCUT2D eigenvalue weighted by molar-refractivity contribution is -0.136. The van der Waals surface area contributed by atoms with E-state index >= 15 is 0 Å². The molecule has 1 fully saturated rings. The molecule has 1 heterocycles. The maximum Gasteiger partial charge on any atom is 0.321 e. The fourth-order valence-corrected chi connectivity index (χ4v) is 3.03. The number of amides is 4. The Morgan fingerprint density at radius 1 is 1.20 bits per heavy atom. The van der Waals surface area contributed by atoms with Gasteiger partial charge in [0.2, 0.25) is 17.6 Å². The highest BCUT2D eigenvalue weighted by Crippen LogP contribution is 2.28. The number of hydrogen-bond acceptors (Lipinski definition) is 6. The van der Waals surface area contributed by atoms with Crippen molar-refractivity contribution in [3.63, 3.8) is 0 Å². The van der Waals surface area contributed by atoms with Gasteiger partial charge in [0, 0.05) is 57.0 Å². The smallest absolute Gasteiger partial charge is 0.321 e. The van der Waals surface area contributed by atoms with Crippen LogP contribution in [0.2, 0.25) is 0 Å². The monoisotopic (exact) mass is 428 g/mol. The Bertz CT molecular complexity index is 784. The average molecular weight is 428 g/mol. The van der Waals surface area contributed by atoms with Crippen LogP contribution in [0.1, 0.15) is 13.3 Å². The number of urea groups is 1. The summed E-state index contributed by atoms with van der Waals surface area (Å²) in [4.78, 5) is 38.8. The number of imide groups is 1. The molecule has 0 unspecified atom stereocenters. The molecular formula is C19H26F2N4O5. The number of aliphatic hydroxyl groups excluding tert-OH is 1. The third-order valence-corrected chi connectivity index (χ3v) is 4.81. The molecule has 2 rings (SSSR count). The molecule has 0 aliphatic carbocycles. The molecule has 1 saturated heterocycles. The minimum Gasteiger partial charge on any atom is -0.493 e. The molecule has 1 aromatic rings. The number of methoxy groups -OCH3 is 1. The van der Waals surface area contributed by atoms with Gasteiger partial charge in [-0.05, 0) is 0 Å². The molecule has 0 bridgehead atoms. The lowest BCUT2D eigenvalue weighted by Gasteiger charge is -2.37. The van der Waals surface area contributed by atoms with Crippen LogP contribution in [0.4, 0.5) is 19.3 Å². The fraction of sp³-hybridized carbons (Fsp3) is 0.526. The standard InChI is InChI=1S/C19H26F2N4O5/c1-3-16(27)23-19(29)22-10-12(11-26)18(28)25-6-4-24(5-7-25)13-8-14(20)17(21)15(9-13)30-2/h8-9,12,26H,3-7,10-11H2,1-2H3,(H2,22,23,27,29)/t12-/m1/s1. The summed E-state index contributed by atoms with van der Waals surface area (Å²) < 4.78 is 32.2. The van der Waals surface area contributed by atoms with Gasteiger partial charge in [-0.3, -0.25) is 14.9 Å². The topological polar surface area (TPSA) is 111 Å². The molecule has 0 aromatic heterocycles. The van der Waals surface area contributed by atoms with E-state index in [1.54, 1.807) is 11.8 Å². The third-order valence-electron chi connectivity index (χ3n) is 4.81. The first-order chi connectivity index (χ1) is 14.3. The van der Waals surface area contributed by atoms with E-state index in [4.69, 9.17) is 4.74 Å². The van der Waals surface area contributed by atoms with Crippen molar-refractivity contribution in [2.24, 2.45) is 5.92 Å². The van der Waals surface area contributed by atoms with Gasteiger partial charge in [-0.25, -0.2) is 9.18 Å². The molecule has 11 heteroatoms. The van der Waals surface area contributed by atoms with Crippen molar-refractivity contribution in [2.75, 3.05) is 51.3 Å². The van der Waals surface area contributed by atoms with Crippen molar-refractivity contribution < 1.29 is 33.0 Å². The van der Waals surface area contributed by atoms with Crippen LogP contribution in [0.25, 0.3) is 0 Å². The van der Waals surface area contributed by atoms with Crippen LogP contribution >= 0.6 is 0 Å². The first-order valence-corrected chi connectivity index (χ1v) is 9.56. The van der Waals surface area contributed by atoms with Gasteiger partial charge >= 0.3 is 6.03 Å². The second-order valence-electron chi connectivity index (χ2n) is 6.75. The number of ether oxygens (including phenoxy) is 1. The summed E-state index contributed by atoms with van der Waals surface area (Å²) in [6.07, 6.45) is 0.143. The van der Waals surface area contributed by atoms with Crippen LogP contribution in [-0.4, -0.2) is 74.3 Å². The van der Waals surface area contributed by atoms with Crippen molar-refractivity contribution in [1.29, 1.82) is 0 Å². The van der Waals surface area contributed by atoms with Crippen LogP contribution in [0.3, 0.4) is 0 Å². The Balaban J connectivity index is 1.91. The van der Waals surface area contributed by atoms with Crippen molar-refractivity contribution in [3.8, 4) is 5.75 Å². The number of anilines is 1. The molecule has 4 amide bonds. The van der Waals surface area contributed by atoms with E-state index in [9.17, 15) is 28.3 Å². The van der Waals surface area contributed by atoms with E-state index in [1.165, 1.54) is 18.1 Å². The minimum atomic E-state index is -1.06.